The summed E-state index contributed by atoms with van der Waals surface area (Å²) >= 11 is 0. The normalized spacial score (nSPS) is 15.0. The van der Waals surface area contributed by atoms with Gasteiger partial charge in [0.15, 0.2) is 0 Å². The van der Waals surface area contributed by atoms with Gasteiger partial charge in [-0.05, 0) is 31.2 Å². The van der Waals surface area contributed by atoms with Gasteiger partial charge in [0.05, 0.1) is 12.8 Å². The number of hydrogen-bond donors (Lipinski definition) is 1. The van der Waals surface area contributed by atoms with E-state index >= 15 is 0 Å². The number of carbonyl (C=O) groups excluding carboxylic acids is 1. The largest absolute Gasteiger partial charge is 0.493 e. The maximum atomic E-state index is 12.1. The number of para-hydroxylation sites is 2. The van der Waals surface area contributed by atoms with Crippen molar-refractivity contribution >= 4 is 17.8 Å². The third kappa shape index (κ3) is 5.82. The van der Waals surface area contributed by atoms with E-state index in [0.29, 0.717) is 13.0 Å². The molecule has 1 fully saturated rings. The predicted molar refractivity (Wildman–Crippen MR) is 113 cm³/mol. The number of benzene rings is 2. The van der Waals surface area contributed by atoms with E-state index < -0.39 is 0 Å². The fourth-order valence-corrected chi connectivity index (χ4v) is 3.23. The highest BCUT2D eigenvalue weighted by Crippen LogP contribution is 2.16. The standard InChI is InChI=1S/C22H28N4O2/c1-2-28-21-11-7-6-8-19(21)18-23-24-22(27)12-13-25-14-16-26(17-15-25)20-9-4-3-5-10-20/h3-11,18H,2,12-17H2,1H3,(H,24,27)/b23-18+. The summed E-state index contributed by atoms with van der Waals surface area (Å²) in [7, 11) is 0. The molecule has 2 aromatic carbocycles. The van der Waals surface area contributed by atoms with Crippen LogP contribution in [0, 0.1) is 0 Å². The molecule has 1 aliphatic rings. The van der Waals surface area contributed by atoms with E-state index in [9.17, 15) is 4.79 Å². The van der Waals surface area contributed by atoms with E-state index in [1.807, 2.05) is 37.3 Å². The summed E-state index contributed by atoms with van der Waals surface area (Å²) in [5, 5.41) is 4.07. The number of nitrogens with zero attached hydrogens (tertiary/aromatic N) is 3. The monoisotopic (exact) mass is 380 g/mol. The minimum Gasteiger partial charge on any atom is -0.493 e. The van der Waals surface area contributed by atoms with Gasteiger partial charge in [0.25, 0.3) is 0 Å². The lowest BCUT2D eigenvalue weighted by Gasteiger charge is -2.36. The molecule has 0 spiro atoms. The third-order valence-electron chi connectivity index (χ3n) is 4.76. The van der Waals surface area contributed by atoms with Crippen molar-refractivity contribution in [2.24, 2.45) is 5.10 Å². The van der Waals surface area contributed by atoms with Crippen LogP contribution in [-0.2, 0) is 4.79 Å². The molecule has 6 nitrogen and oxygen atoms in total. The first-order valence-electron chi connectivity index (χ1n) is 9.82. The molecular formula is C22H28N4O2. The maximum Gasteiger partial charge on any atom is 0.241 e. The smallest absolute Gasteiger partial charge is 0.241 e. The van der Waals surface area contributed by atoms with Crippen molar-refractivity contribution in [2.45, 2.75) is 13.3 Å². The lowest BCUT2D eigenvalue weighted by atomic mass is 10.2. The quantitative estimate of drug-likeness (QED) is 0.565. The Labute approximate surface area is 166 Å². The third-order valence-corrected chi connectivity index (χ3v) is 4.76. The number of anilines is 1. The van der Waals surface area contributed by atoms with Gasteiger partial charge in [0.1, 0.15) is 5.75 Å². The van der Waals surface area contributed by atoms with Crippen LogP contribution < -0.4 is 15.1 Å². The van der Waals surface area contributed by atoms with E-state index in [1.165, 1.54) is 5.69 Å². The summed E-state index contributed by atoms with van der Waals surface area (Å²) in [6, 6.07) is 18.1. The summed E-state index contributed by atoms with van der Waals surface area (Å²) in [5.41, 5.74) is 4.73. The summed E-state index contributed by atoms with van der Waals surface area (Å²) < 4.78 is 5.55. The number of ether oxygens (including phenoxy) is 1. The molecule has 3 rings (SSSR count). The molecule has 0 atom stereocenters. The minimum atomic E-state index is -0.0735. The molecule has 0 aromatic heterocycles. The van der Waals surface area contributed by atoms with Gasteiger partial charge in [0.2, 0.25) is 5.91 Å². The molecule has 0 saturated carbocycles. The number of hydrogen-bond acceptors (Lipinski definition) is 5. The van der Waals surface area contributed by atoms with Crippen molar-refractivity contribution in [1.82, 2.24) is 10.3 Å². The van der Waals surface area contributed by atoms with Gasteiger partial charge in [-0.1, -0.05) is 30.3 Å². The number of rotatable bonds is 8. The molecule has 2 aromatic rings. The maximum absolute atomic E-state index is 12.1. The van der Waals surface area contributed by atoms with E-state index in [4.69, 9.17) is 4.74 Å². The zero-order valence-electron chi connectivity index (χ0n) is 16.4. The molecular weight excluding hydrogens is 352 g/mol. The molecule has 28 heavy (non-hydrogen) atoms. The van der Waals surface area contributed by atoms with Crippen LogP contribution in [0.2, 0.25) is 0 Å². The highest BCUT2D eigenvalue weighted by Gasteiger charge is 2.17. The first kappa shape index (κ1) is 19.9. The molecule has 1 saturated heterocycles. The Morgan fingerprint density at radius 1 is 1.07 bits per heavy atom. The van der Waals surface area contributed by atoms with Crippen molar-refractivity contribution < 1.29 is 9.53 Å². The Kier molecular flexibility index (Phi) is 7.44. The lowest BCUT2D eigenvalue weighted by Crippen LogP contribution is -2.47. The number of hydrazone groups is 1. The topological polar surface area (TPSA) is 57.2 Å². The molecule has 0 aliphatic carbocycles. The molecule has 148 valence electrons. The van der Waals surface area contributed by atoms with Crippen LogP contribution in [0.25, 0.3) is 0 Å². The van der Waals surface area contributed by atoms with Crippen molar-refractivity contribution in [3.05, 3.63) is 60.2 Å². The number of carbonyl (C=O) groups is 1. The number of nitrogens with one attached hydrogen (secondary N) is 1. The lowest BCUT2D eigenvalue weighted by molar-refractivity contribution is -0.121. The van der Waals surface area contributed by atoms with Crippen molar-refractivity contribution in [3.8, 4) is 5.75 Å². The van der Waals surface area contributed by atoms with Gasteiger partial charge in [-0.25, -0.2) is 5.43 Å². The summed E-state index contributed by atoms with van der Waals surface area (Å²) in [6.07, 6.45) is 2.07. The van der Waals surface area contributed by atoms with Gasteiger partial charge < -0.3 is 9.64 Å². The van der Waals surface area contributed by atoms with Gasteiger partial charge in [-0.2, -0.15) is 5.10 Å². The Balaban J connectivity index is 1.38. The molecule has 1 N–H and O–H groups in total. The zero-order chi connectivity index (χ0) is 19.6. The summed E-state index contributed by atoms with van der Waals surface area (Å²) in [6.45, 7) is 7.18. The molecule has 0 bridgehead atoms. The van der Waals surface area contributed by atoms with Crippen molar-refractivity contribution in [3.63, 3.8) is 0 Å². The minimum absolute atomic E-state index is 0.0735. The average Bonchev–Trinajstić information content (AvgIpc) is 2.75. The van der Waals surface area contributed by atoms with Crippen LogP contribution >= 0.6 is 0 Å². The Bertz CT molecular complexity index is 771. The second-order valence-corrected chi connectivity index (χ2v) is 6.68. The second-order valence-electron chi connectivity index (χ2n) is 6.68. The van der Waals surface area contributed by atoms with Crippen molar-refractivity contribution in [1.29, 1.82) is 0 Å². The van der Waals surface area contributed by atoms with Gasteiger partial charge >= 0.3 is 0 Å². The highest BCUT2D eigenvalue weighted by atomic mass is 16.5. The van der Waals surface area contributed by atoms with Gasteiger partial charge in [-0.15, -0.1) is 0 Å². The average molecular weight is 380 g/mol. The van der Waals surface area contributed by atoms with E-state index in [0.717, 1.165) is 44.0 Å². The first-order chi connectivity index (χ1) is 13.8. The first-order valence-corrected chi connectivity index (χ1v) is 9.82. The molecule has 6 heteroatoms. The van der Waals surface area contributed by atoms with Crippen LogP contribution in [0.15, 0.2) is 59.7 Å². The van der Waals surface area contributed by atoms with Crippen LogP contribution in [0.1, 0.15) is 18.9 Å². The Hall–Kier alpha value is -2.86. The van der Waals surface area contributed by atoms with Gasteiger partial charge in [-0.3, -0.25) is 9.69 Å². The fraction of sp³-hybridized carbons (Fsp3) is 0.364. The molecule has 0 radical (unpaired) electrons. The van der Waals surface area contributed by atoms with E-state index in [-0.39, 0.29) is 5.91 Å². The number of amides is 1. The zero-order valence-corrected chi connectivity index (χ0v) is 16.4. The van der Waals surface area contributed by atoms with Crippen molar-refractivity contribution in [2.75, 3.05) is 44.2 Å². The van der Waals surface area contributed by atoms with Gasteiger partial charge in [0, 0.05) is 50.4 Å². The van der Waals surface area contributed by atoms with Crippen LogP contribution in [0.3, 0.4) is 0 Å². The Morgan fingerprint density at radius 3 is 2.54 bits per heavy atom. The SMILES string of the molecule is CCOc1ccccc1/C=N/NC(=O)CCN1CCN(c2ccccc2)CC1. The highest BCUT2D eigenvalue weighted by molar-refractivity contribution is 5.85. The van der Waals surface area contributed by atoms with Crippen LogP contribution in [0.4, 0.5) is 5.69 Å². The Morgan fingerprint density at radius 2 is 1.79 bits per heavy atom. The predicted octanol–water partition coefficient (Wildman–Crippen LogP) is 2.75. The molecule has 1 aliphatic heterocycles. The molecule has 0 unspecified atom stereocenters. The molecule has 1 amide bonds. The summed E-state index contributed by atoms with van der Waals surface area (Å²) in [4.78, 5) is 16.8. The number of piperazine rings is 1. The second kappa shape index (κ2) is 10.5. The summed E-state index contributed by atoms with van der Waals surface area (Å²) in [5.74, 6) is 0.690. The fourth-order valence-electron chi connectivity index (χ4n) is 3.23. The van der Waals surface area contributed by atoms with Crippen LogP contribution in [-0.4, -0.2) is 56.4 Å². The van der Waals surface area contributed by atoms with E-state index in [1.54, 1.807) is 6.21 Å². The molecule has 1 heterocycles. The van der Waals surface area contributed by atoms with Crippen LogP contribution in [0.5, 0.6) is 5.75 Å². The van der Waals surface area contributed by atoms with E-state index in [2.05, 4.69) is 44.6 Å².